The summed E-state index contributed by atoms with van der Waals surface area (Å²) in [6, 6.07) is 0.807. The molecule has 1 heterocycles. The van der Waals surface area contributed by atoms with Gasteiger partial charge in [-0.1, -0.05) is 0 Å². The minimum Gasteiger partial charge on any atom is -0.370 e. The van der Waals surface area contributed by atoms with E-state index in [9.17, 15) is 23.3 Å². The van der Waals surface area contributed by atoms with Gasteiger partial charge in [0.25, 0.3) is 5.69 Å². The fraction of sp³-hybridized carbons (Fsp3) is 0.500. The number of anilines is 1. The summed E-state index contributed by atoms with van der Waals surface area (Å²) in [7, 11) is 0. The number of nitro groups is 1. The van der Waals surface area contributed by atoms with E-state index in [0.29, 0.717) is 10.3 Å². The molecule has 0 aliphatic heterocycles. The lowest BCUT2D eigenvalue weighted by Gasteiger charge is -2.16. The molecule has 1 N–H and O–H groups in total. The Morgan fingerprint density at radius 3 is 2.75 bits per heavy atom. The molecule has 0 radical (unpaired) electrons. The molecular formula is C10H11BrF3N3O3. The highest BCUT2D eigenvalue weighted by molar-refractivity contribution is 9.10. The van der Waals surface area contributed by atoms with Crippen molar-refractivity contribution in [2.24, 2.45) is 0 Å². The van der Waals surface area contributed by atoms with E-state index in [2.05, 4.69) is 31.0 Å². The Hall–Kier alpha value is -1.42. The lowest BCUT2D eigenvalue weighted by Crippen LogP contribution is -2.26. The van der Waals surface area contributed by atoms with Crippen LogP contribution in [0.5, 0.6) is 0 Å². The van der Waals surface area contributed by atoms with E-state index in [-0.39, 0.29) is 12.3 Å². The summed E-state index contributed by atoms with van der Waals surface area (Å²) in [5.41, 5.74) is -0.191. The molecule has 20 heavy (non-hydrogen) atoms. The maximum atomic E-state index is 11.9. The number of ether oxygens (including phenoxy) is 1. The van der Waals surface area contributed by atoms with Crippen LogP contribution in [0.3, 0.4) is 0 Å². The molecule has 0 aliphatic rings. The van der Waals surface area contributed by atoms with Gasteiger partial charge in [-0.2, -0.15) is 13.2 Å². The third-order valence-corrected chi connectivity index (χ3v) is 2.66. The summed E-state index contributed by atoms with van der Waals surface area (Å²) in [5.74, 6) is 0.290. The van der Waals surface area contributed by atoms with Gasteiger partial charge in [-0.3, -0.25) is 10.1 Å². The van der Waals surface area contributed by atoms with Crippen LogP contribution in [0.1, 0.15) is 6.92 Å². The highest BCUT2D eigenvalue weighted by atomic mass is 79.9. The Labute approximate surface area is 120 Å². The van der Waals surface area contributed by atoms with Crippen LogP contribution in [0.2, 0.25) is 0 Å². The number of hydrogen-bond acceptors (Lipinski definition) is 5. The van der Waals surface area contributed by atoms with E-state index in [0.717, 1.165) is 6.20 Å². The topological polar surface area (TPSA) is 77.3 Å². The molecule has 1 rings (SSSR count). The van der Waals surface area contributed by atoms with Crippen molar-refractivity contribution in [1.82, 2.24) is 4.98 Å². The molecule has 0 aromatic carbocycles. The van der Waals surface area contributed by atoms with Gasteiger partial charge in [-0.25, -0.2) is 4.98 Å². The van der Waals surface area contributed by atoms with Gasteiger partial charge < -0.3 is 10.1 Å². The van der Waals surface area contributed by atoms with E-state index in [1.54, 1.807) is 6.92 Å². The van der Waals surface area contributed by atoms with Crippen LogP contribution in [-0.4, -0.2) is 35.3 Å². The number of nitrogens with zero attached hydrogens (tertiary/aromatic N) is 2. The average Bonchev–Trinajstić information content (AvgIpc) is 2.29. The number of aromatic nitrogens is 1. The Kier molecular flexibility index (Phi) is 5.69. The molecule has 0 spiro atoms. The normalized spacial score (nSPS) is 13.1. The van der Waals surface area contributed by atoms with Crippen LogP contribution in [0.15, 0.2) is 16.7 Å². The number of alkyl halides is 3. The molecule has 0 unspecified atom stereocenters. The quantitative estimate of drug-likeness (QED) is 0.625. The molecule has 0 bridgehead atoms. The van der Waals surface area contributed by atoms with E-state index >= 15 is 0 Å². The summed E-state index contributed by atoms with van der Waals surface area (Å²) in [5, 5.41) is 13.3. The summed E-state index contributed by atoms with van der Waals surface area (Å²) in [4.78, 5) is 13.7. The lowest BCUT2D eigenvalue weighted by atomic mass is 10.3. The van der Waals surface area contributed by atoms with Gasteiger partial charge in [0.2, 0.25) is 0 Å². The molecule has 0 aliphatic carbocycles. The van der Waals surface area contributed by atoms with Gasteiger partial charge in [0, 0.05) is 12.1 Å². The predicted molar refractivity (Wildman–Crippen MR) is 68.6 cm³/mol. The summed E-state index contributed by atoms with van der Waals surface area (Å²) >= 11 is 3.09. The molecule has 0 amide bonds. The molecule has 6 nitrogen and oxygen atoms in total. The molecule has 1 aromatic rings. The van der Waals surface area contributed by atoms with Crippen molar-refractivity contribution < 1.29 is 22.8 Å². The zero-order valence-electron chi connectivity index (χ0n) is 10.3. The van der Waals surface area contributed by atoms with E-state index in [4.69, 9.17) is 0 Å². The van der Waals surface area contributed by atoms with Crippen molar-refractivity contribution in [3.8, 4) is 0 Å². The van der Waals surface area contributed by atoms with Crippen molar-refractivity contribution in [2.75, 3.05) is 18.5 Å². The second-order valence-electron chi connectivity index (χ2n) is 3.96. The summed E-state index contributed by atoms with van der Waals surface area (Å²) < 4.78 is 40.5. The Morgan fingerprint density at radius 1 is 1.60 bits per heavy atom. The first-order valence-corrected chi connectivity index (χ1v) is 6.19. The number of rotatable bonds is 6. The standard InChI is InChI=1S/C10H11BrF3N3O3/c1-6(4-20-5-10(12,13)14)16-9-8(11)2-7(3-15-9)17(18)19/h2-3,6H,4-5H2,1H3,(H,15,16)/t6-/m0/s1. The zero-order valence-corrected chi connectivity index (χ0v) is 11.9. The zero-order chi connectivity index (χ0) is 15.3. The third kappa shape index (κ3) is 5.70. The molecule has 1 aromatic heterocycles. The van der Waals surface area contributed by atoms with Crippen LogP contribution in [0.25, 0.3) is 0 Å². The van der Waals surface area contributed by atoms with Gasteiger partial charge in [0.1, 0.15) is 18.6 Å². The maximum absolute atomic E-state index is 11.9. The SMILES string of the molecule is C[C@@H](COCC(F)(F)F)Nc1ncc([N+](=O)[O-])cc1Br. The highest BCUT2D eigenvalue weighted by Gasteiger charge is 2.27. The number of nitrogens with one attached hydrogen (secondary N) is 1. The number of hydrogen-bond donors (Lipinski definition) is 1. The van der Waals surface area contributed by atoms with Crippen LogP contribution in [0, 0.1) is 10.1 Å². The van der Waals surface area contributed by atoms with E-state index in [1.807, 2.05) is 0 Å². The third-order valence-electron chi connectivity index (χ3n) is 2.05. The largest absolute Gasteiger partial charge is 0.411 e. The fourth-order valence-electron chi connectivity index (χ4n) is 1.26. The molecule has 10 heteroatoms. The van der Waals surface area contributed by atoms with E-state index < -0.39 is 23.7 Å². The van der Waals surface area contributed by atoms with Crippen molar-refractivity contribution in [3.05, 3.63) is 26.9 Å². The molecule has 0 saturated heterocycles. The van der Waals surface area contributed by atoms with Gasteiger partial charge in [-0.05, 0) is 22.9 Å². The van der Waals surface area contributed by atoms with Crippen LogP contribution >= 0.6 is 15.9 Å². The lowest BCUT2D eigenvalue weighted by molar-refractivity contribution is -0.385. The van der Waals surface area contributed by atoms with Crippen LogP contribution in [0.4, 0.5) is 24.7 Å². The average molecular weight is 358 g/mol. The second kappa shape index (κ2) is 6.84. The molecule has 0 saturated carbocycles. The Bertz CT molecular complexity index is 485. The fourth-order valence-corrected chi connectivity index (χ4v) is 1.71. The number of halogens is 4. The van der Waals surface area contributed by atoms with Gasteiger partial charge in [-0.15, -0.1) is 0 Å². The molecule has 0 fully saturated rings. The van der Waals surface area contributed by atoms with Crippen LogP contribution < -0.4 is 5.32 Å². The highest BCUT2D eigenvalue weighted by Crippen LogP contribution is 2.25. The molecular weight excluding hydrogens is 347 g/mol. The number of pyridine rings is 1. The monoisotopic (exact) mass is 357 g/mol. The van der Waals surface area contributed by atoms with E-state index in [1.165, 1.54) is 6.07 Å². The first-order valence-electron chi connectivity index (χ1n) is 5.40. The van der Waals surface area contributed by atoms with Crippen molar-refractivity contribution in [2.45, 2.75) is 19.1 Å². The predicted octanol–water partition coefficient (Wildman–Crippen LogP) is 3.13. The minimum absolute atomic E-state index is 0.176. The Morgan fingerprint density at radius 2 is 2.25 bits per heavy atom. The van der Waals surface area contributed by atoms with Crippen molar-refractivity contribution in [3.63, 3.8) is 0 Å². The summed E-state index contributed by atoms with van der Waals surface area (Å²) in [6.45, 7) is 0.102. The van der Waals surface area contributed by atoms with Gasteiger partial charge >= 0.3 is 6.18 Å². The maximum Gasteiger partial charge on any atom is 0.411 e. The molecule has 112 valence electrons. The van der Waals surface area contributed by atoms with Crippen molar-refractivity contribution >= 4 is 27.4 Å². The summed E-state index contributed by atoms with van der Waals surface area (Å²) in [6.07, 6.45) is -3.32. The molecule has 1 atom stereocenters. The Balaban J connectivity index is 2.54. The smallest absolute Gasteiger partial charge is 0.370 e. The second-order valence-corrected chi connectivity index (χ2v) is 4.81. The van der Waals surface area contributed by atoms with Gasteiger partial charge in [0.05, 0.1) is 16.0 Å². The van der Waals surface area contributed by atoms with Crippen LogP contribution in [-0.2, 0) is 4.74 Å². The first kappa shape index (κ1) is 16.6. The first-order chi connectivity index (χ1) is 9.19. The minimum atomic E-state index is -4.37. The van der Waals surface area contributed by atoms with Gasteiger partial charge in [0.15, 0.2) is 0 Å². The van der Waals surface area contributed by atoms with Crippen molar-refractivity contribution in [1.29, 1.82) is 0 Å².